The summed E-state index contributed by atoms with van der Waals surface area (Å²) in [7, 11) is 1.26. The topological polar surface area (TPSA) is 106 Å². The van der Waals surface area contributed by atoms with Crippen LogP contribution in [0.4, 0.5) is 5.69 Å². The Morgan fingerprint density at radius 1 is 1.36 bits per heavy atom. The minimum absolute atomic E-state index is 0.0104. The molecule has 0 saturated carbocycles. The van der Waals surface area contributed by atoms with Crippen LogP contribution in [0.2, 0.25) is 0 Å². The second kappa shape index (κ2) is 7.39. The molecular weight excluding hydrogens is 330 g/mol. The van der Waals surface area contributed by atoms with Crippen molar-refractivity contribution in [1.82, 2.24) is 10.2 Å². The van der Waals surface area contributed by atoms with Crippen LogP contribution in [0, 0.1) is 0 Å². The zero-order chi connectivity index (χ0) is 17.8. The second-order valence-corrected chi connectivity index (χ2v) is 5.67. The van der Waals surface area contributed by atoms with E-state index >= 15 is 0 Å². The molecule has 2 aliphatic heterocycles. The van der Waals surface area contributed by atoms with Crippen LogP contribution < -0.4 is 20.1 Å². The van der Waals surface area contributed by atoms with Crippen molar-refractivity contribution < 1.29 is 28.6 Å². The van der Waals surface area contributed by atoms with Crippen LogP contribution in [-0.2, 0) is 19.1 Å². The Labute approximate surface area is 144 Å². The molecular formula is C16H19N3O6. The molecule has 1 aromatic rings. The van der Waals surface area contributed by atoms with Crippen molar-refractivity contribution >= 4 is 23.5 Å². The van der Waals surface area contributed by atoms with Crippen molar-refractivity contribution in [3.8, 4) is 11.5 Å². The number of anilines is 1. The van der Waals surface area contributed by atoms with Crippen molar-refractivity contribution in [2.24, 2.45) is 0 Å². The first-order chi connectivity index (χ1) is 12.1. The van der Waals surface area contributed by atoms with Crippen LogP contribution in [0.1, 0.15) is 6.42 Å². The number of ether oxygens (including phenoxy) is 3. The summed E-state index contributed by atoms with van der Waals surface area (Å²) in [6, 6.07) is 4.38. The SMILES string of the molecule is COC(=O)C[C@H]1C(=O)NCCN1CC(=O)Nc1ccc2c(c1)OCO2. The van der Waals surface area contributed by atoms with Crippen molar-refractivity contribution in [2.45, 2.75) is 12.5 Å². The third-order valence-electron chi connectivity index (χ3n) is 4.03. The molecule has 2 N–H and O–H groups in total. The van der Waals surface area contributed by atoms with E-state index in [1.807, 2.05) is 0 Å². The van der Waals surface area contributed by atoms with Gasteiger partial charge < -0.3 is 24.8 Å². The summed E-state index contributed by atoms with van der Waals surface area (Å²) in [6.07, 6.45) is -0.0976. The first-order valence-electron chi connectivity index (χ1n) is 7.85. The summed E-state index contributed by atoms with van der Waals surface area (Å²) in [5.74, 6) is 0.127. The number of benzene rings is 1. The first-order valence-corrected chi connectivity index (χ1v) is 7.85. The molecule has 0 bridgehead atoms. The van der Waals surface area contributed by atoms with Gasteiger partial charge in [-0.3, -0.25) is 19.3 Å². The largest absolute Gasteiger partial charge is 0.469 e. The zero-order valence-corrected chi connectivity index (χ0v) is 13.7. The highest BCUT2D eigenvalue weighted by Crippen LogP contribution is 2.34. The number of nitrogens with zero attached hydrogens (tertiary/aromatic N) is 1. The maximum absolute atomic E-state index is 12.3. The Balaban J connectivity index is 1.62. The minimum Gasteiger partial charge on any atom is -0.469 e. The molecule has 1 saturated heterocycles. The van der Waals surface area contributed by atoms with Gasteiger partial charge in [0.05, 0.1) is 20.1 Å². The highest BCUT2D eigenvalue weighted by molar-refractivity contribution is 5.94. The Bertz CT molecular complexity index is 692. The Kier molecular flexibility index (Phi) is 5.03. The average molecular weight is 349 g/mol. The molecule has 0 unspecified atom stereocenters. The highest BCUT2D eigenvalue weighted by atomic mass is 16.7. The standard InChI is InChI=1S/C16H19N3O6/c1-23-15(21)7-11-16(22)17-4-5-19(11)8-14(20)18-10-2-3-12-13(6-10)25-9-24-12/h2-3,6,11H,4-5,7-9H2,1H3,(H,17,22)(H,18,20)/t11-/m0/s1. The number of hydrogen-bond donors (Lipinski definition) is 2. The molecule has 2 aliphatic rings. The Morgan fingerprint density at radius 3 is 2.96 bits per heavy atom. The smallest absolute Gasteiger partial charge is 0.307 e. The molecule has 2 amide bonds. The normalized spacial score (nSPS) is 19.2. The maximum Gasteiger partial charge on any atom is 0.307 e. The molecule has 1 fully saturated rings. The average Bonchev–Trinajstić information content (AvgIpc) is 3.05. The predicted octanol–water partition coefficient (Wildman–Crippen LogP) is -0.283. The van der Waals surface area contributed by atoms with Gasteiger partial charge in [0.2, 0.25) is 18.6 Å². The predicted molar refractivity (Wildman–Crippen MR) is 86.2 cm³/mol. The van der Waals surface area contributed by atoms with Crippen molar-refractivity contribution in [2.75, 3.05) is 38.9 Å². The van der Waals surface area contributed by atoms with E-state index in [4.69, 9.17) is 9.47 Å². The fourth-order valence-electron chi connectivity index (χ4n) is 2.77. The van der Waals surface area contributed by atoms with E-state index in [0.29, 0.717) is 30.3 Å². The van der Waals surface area contributed by atoms with Gasteiger partial charge in [-0.25, -0.2) is 0 Å². The second-order valence-electron chi connectivity index (χ2n) is 5.67. The minimum atomic E-state index is -0.719. The monoisotopic (exact) mass is 349 g/mol. The summed E-state index contributed by atoms with van der Waals surface area (Å²) < 4.78 is 15.1. The van der Waals surface area contributed by atoms with Gasteiger partial charge in [0, 0.05) is 24.8 Å². The van der Waals surface area contributed by atoms with Crippen molar-refractivity contribution in [3.05, 3.63) is 18.2 Å². The van der Waals surface area contributed by atoms with Crippen LogP contribution in [0.5, 0.6) is 11.5 Å². The lowest BCUT2D eigenvalue weighted by Crippen LogP contribution is -2.57. The quantitative estimate of drug-likeness (QED) is 0.704. The summed E-state index contributed by atoms with van der Waals surface area (Å²) in [6.45, 7) is 1.05. The highest BCUT2D eigenvalue weighted by Gasteiger charge is 2.33. The maximum atomic E-state index is 12.3. The number of nitrogens with one attached hydrogen (secondary N) is 2. The number of methoxy groups -OCH3 is 1. The number of piperazine rings is 1. The molecule has 2 heterocycles. The number of carbonyl (C=O) groups is 3. The van der Waals surface area contributed by atoms with Gasteiger partial charge in [0.25, 0.3) is 0 Å². The van der Waals surface area contributed by atoms with Gasteiger partial charge >= 0.3 is 5.97 Å². The van der Waals surface area contributed by atoms with Crippen molar-refractivity contribution in [3.63, 3.8) is 0 Å². The van der Waals surface area contributed by atoms with E-state index in [9.17, 15) is 14.4 Å². The molecule has 25 heavy (non-hydrogen) atoms. The fourth-order valence-corrected chi connectivity index (χ4v) is 2.77. The lowest BCUT2D eigenvalue weighted by molar-refractivity contribution is -0.146. The van der Waals surface area contributed by atoms with Gasteiger partial charge in [0.15, 0.2) is 11.5 Å². The molecule has 0 spiro atoms. The number of fused-ring (bicyclic) bond motifs is 1. The van der Waals surface area contributed by atoms with Crippen LogP contribution >= 0.6 is 0 Å². The molecule has 9 nitrogen and oxygen atoms in total. The Morgan fingerprint density at radius 2 is 2.16 bits per heavy atom. The van der Waals surface area contributed by atoms with E-state index in [0.717, 1.165) is 0 Å². The zero-order valence-electron chi connectivity index (χ0n) is 13.7. The summed E-state index contributed by atoms with van der Waals surface area (Å²) in [5, 5.41) is 5.45. The molecule has 1 aromatic carbocycles. The molecule has 0 aromatic heterocycles. The summed E-state index contributed by atoms with van der Waals surface area (Å²) in [4.78, 5) is 37.5. The van der Waals surface area contributed by atoms with Gasteiger partial charge in [0.1, 0.15) is 6.04 Å². The van der Waals surface area contributed by atoms with Gasteiger partial charge in [-0.05, 0) is 12.1 Å². The third-order valence-corrected chi connectivity index (χ3v) is 4.03. The first kappa shape index (κ1) is 17.0. The lowest BCUT2D eigenvalue weighted by Gasteiger charge is -2.33. The number of rotatable bonds is 5. The lowest BCUT2D eigenvalue weighted by atomic mass is 10.1. The van der Waals surface area contributed by atoms with Gasteiger partial charge in [-0.1, -0.05) is 0 Å². The van der Waals surface area contributed by atoms with Gasteiger partial charge in [-0.2, -0.15) is 0 Å². The van der Waals surface area contributed by atoms with E-state index in [-0.39, 0.29) is 31.6 Å². The van der Waals surface area contributed by atoms with E-state index in [2.05, 4.69) is 15.4 Å². The van der Waals surface area contributed by atoms with Crippen LogP contribution in [0.15, 0.2) is 18.2 Å². The summed E-state index contributed by atoms with van der Waals surface area (Å²) in [5.41, 5.74) is 0.570. The molecule has 0 aliphatic carbocycles. The Hall–Kier alpha value is -2.81. The van der Waals surface area contributed by atoms with Crippen LogP contribution in [-0.4, -0.2) is 62.3 Å². The molecule has 9 heteroatoms. The van der Waals surface area contributed by atoms with Crippen LogP contribution in [0.25, 0.3) is 0 Å². The number of esters is 1. The molecule has 0 radical (unpaired) electrons. The fraction of sp³-hybridized carbons (Fsp3) is 0.438. The number of carbonyl (C=O) groups excluding carboxylic acids is 3. The van der Waals surface area contributed by atoms with Gasteiger partial charge in [-0.15, -0.1) is 0 Å². The van der Waals surface area contributed by atoms with Crippen LogP contribution in [0.3, 0.4) is 0 Å². The molecule has 1 atom stereocenters. The van der Waals surface area contributed by atoms with E-state index < -0.39 is 12.0 Å². The number of hydrogen-bond acceptors (Lipinski definition) is 7. The summed E-state index contributed by atoms with van der Waals surface area (Å²) >= 11 is 0. The molecule has 134 valence electrons. The number of amides is 2. The van der Waals surface area contributed by atoms with E-state index in [1.165, 1.54) is 7.11 Å². The van der Waals surface area contributed by atoms with E-state index in [1.54, 1.807) is 23.1 Å². The molecule has 3 rings (SSSR count). The third kappa shape index (κ3) is 4.00. The van der Waals surface area contributed by atoms with Crippen molar-refractivity contribution in [1.29, 1.82) is 0 Å².